The molecule has 30 heavy (non-hydrogen) atoms. The lowest BCUT2D eigenvalue weighted by Crippen LogP contribution is -2.13. The predicted octanol–water partition coefficient (Wildman–Crippen LogP) is 5.48. The Balaban J connectivity index is 1.67. The normalized spacial score (nSPS) is 11.2. The number of carbonyl (C=O) groups excluding carboxylic acids is 1. The highest BCUT2D eigenvalue weighted by Gasteiger charge is 2.15. The van der Waals surface area contributed by atoms with E-state index in [1.165, 1.54) is 12.3 Å². The van der Waals surface area contributed by atoms with Crippen molar-refractivity contribution in [2.45, 2.75) is 26.9 Å². The van der Waals surface area contributed by atoms with Crippen LogP contribution in [0.1, 0.15) is 25.8 Å². The van der Waals surface area contributed by atoms with Crippen LogP contribution in [0.4, 0.5) is 0 Å². The Labute approximate surface area is 173 Å². The molecule has 0 radical (unpaired) electrons. The number of ether oxygens (including phenoxy) is 2. The molecule has 3 aromatic carbocycles. The molecule has 152 valence electrons. The van der Waals surface area contributed by atoms with Gasteiger partial charge in [-0.05, 0) is 35.1 Å². The minimum Gasteiger partial charge on any atom is -0.488 e. The van der Waals surface area contributed by atoms with Gasteiger partial charge in [0.1, 0.15) is 29.1 Å². The van der Waals surface area contributed by atoms with Crippen molar-refractivity contribution in [1.29, 1.82) is 0 Å². The van der Waals surface area contributed by atoms with E-state index in [9.17, 15) is 9.59 Å². The first-order chi connectivity index (χ1) is 14.5. The van der Waals surface area contributed by atoms with Crippen molar-refractivity contribution in [3.63, 3.8) is 0 Å². The Hall–Kier alpha value is -3.60. The summed E-state index contributed by atoms with van der Waals surface area (Å²) in [5, 5.41) is 2.35. The minimum absolute atomic E-state index is 0.151. The minimum atomic E-state index is -0.387. The van der Waals surface area contributed by atoms with Gasteiger partial charge in [-0.2, -0.15) is 0 Å². The van der Waals surface area contributed by atoms with Gasteiger partial charge in [-0.25, -0.2) is 0 Å². The second kappa shape index (κ2) is 8.41. The van der Waals surface area contributed by atoms with Crippen LogP contribution in [0.3, 0.4) is 0 Å². The zero-order valence-corrected chi connectivity index (χ0v) is 16.9. The van der Waals surface area contributed by atoms with Gasteiger partial charge < -0.3 is 13.9 Å². The zero-order valence-electron chi connectivity index (χ0n) is 16.9. The standard InChI is InChI=1S/C25H22O5/c1-16(2)12-24(27)30-23-14-17(13-22-25(23)20(26)10-11-28-22)15-29-21-9-5-7-18-6-3-4-8-19(18)21/h3-11,13-14,16H,12,15H2,1-2H3. The number of fused-ring (bicyclic) bond motifs is 2. The van der Waals surface area contributed by atoms with Gasteiger partial charge in [0.15, 0.2) is 5.43 Å². The van der Waals surface area contributed by atoms with Crippen molar-refractivity contribution in [2.24, 2.45) is 5.92 Å². The monoisotopic (exact) mass is 402 g/mol. The number of hydrogen-bond donors (Lipinski definition) is 0. The van der Waals surface area contributed by atoms with Gasteiger partial charge in [0.25, 0.3) is 0 Å². The van der Waals surface area contributed by atoms with Gasteiger partial charge >= 0.3 is 5.97 Å². The molecule has 0 saturated heterocycles. The Morgan fingerprint density at radius 3 is 2.63 bits per heavy atom. The van der Waals surface area contributed by atoms with E-state index in [1.807, 2.05) is 56.3 Å². The van der Waals surface area contributed by atoms with E-state index in [4.69, 9.17) is 13.9 Å². The summed E-state index contributed by atoms with van der Waals surface area (Å²) >= 11 is 0. The van der Waals surface area contributed by atoms with Gasteiger partial charge in [0.05, 0.1) is 6.26 Å². The van der Waals surface area contributed by atoms with Gasteiger partial charge in [0, 0.05) is 17.9 Å². The summed E-state index contributed by atoms with van der Waals surface area (Å²) in [4.78, 5) is 24.6. The number of benzene rings is 3. The smallest absolute Gasteiger partial charge is 0.311 e. The van der Waals surface area contributed by atoms with Crippen LogP contribution in [0.15, 0.2) is 76.1 Å². The molecule has 4 rings (SSSR count). The van der Waals surface area contributed by atoms with Gasteiger partial charge in [-0.1, -0.05) is 50.2 Å². The third kappa shape index (κ3) is 4.20. The first kappa shape index (κ1) is 19.7. The molecule has 0 bridgehead atoms. The van der Waals surface area contributed by atoms with E-state index in [0.717, 1.165) is 22.1 Å². The van der Waals surface area contributed by atoms with Crippen LogP contribution in [-0.4, -0.2) is 5.97 Å². The van der Waals surface area contributed by atoms with E-state index in [1.54, 1.807) is 12.1 Å². The highest BCUT2D eigenvalue weighted by Crippen LogP contribution is 2.29. The second-order valence-corrected chi connectivity index (χ2v) is 7.59. The van der Waals surface area contributed by atoms with Gasteiger partial charge in [-0.3, -0.25) is 9.59 Å². The molecule has 0 aliphatic rings. The number of hydrogen-bond acceptors (Lipinski definition) is 5. The third-order valence-corrected chi connectivity index (χ3v) is 4.73. The fraction of sp³-hybridized carbons (Fsp3) is 0.200. The lowest BCUT2D eigenvalue weighted by Gasteiger charge is -2.12. The molecule has 0 saturated carbocycles. The first-order valence-electron chi connectivity index (χ1n) is 9.87. The highest BCUT2D eigenvalue weighted by molar-refractivity contribution is 5.88. The molecule has 0 aliphatic carbocycles. The van der Waals surface area contributed by atoms with Crippen LogP contribution in [0.2, 0.25) is 0 Å². The quantitative estimate of drug-likeness (QED) is 0.316. The SMILES string of the molecule is CC(C)CC(=O)Oc1cc(COc2cccc3ccccc23)cc2occc(=O)c12. The number of esters is 1. The Morgan fingerprint density at radius 1 is 1.00 bits per heavy atom. The molecule has 0 unspecified atom stereocenters. The summed E-state index contributed by atoms with van der Waals surface area (Å²) in [5.41, 5.74) is 0.830. The average molecular weight is 402 g/mol. The summed E-state index contributed by atoms with van der Waals surface area (Å²) in [6, 6.07) is 18.6. The Kier molecular flexibility index (Phi) is 5.53. The summed E-state index contributed by atoms with van der Waals surface area (Å²) < 4.78 is 17.1. The molecule has 0 atom stereocenters. The van der Waals surface area contributed by atoms with Crippen LogP contribution >= 0.6 is 0 Å². The summed E-state index contributed by atoms with van der Waals surface area (Å²) in [7, 11) is 0. The maximum absolute atomic E-state index is 12.4. The maximum atomic E-state index is 12.4. The molecule has 1 aromatic heterocycles. The van der Waals surface area contributed by atoms with Gasteiger partial charge in [-0.15, -0.1) is 0 Å². The highest BCUT2D eigenvalue weighted by atomic mass is 16.5. The van der Waals surface area contributed by atoms with Crippen LogP contribution in [0, 0.1) is 5.92 Å². The lowest BCUT2D eigenvalue weighted by atomic mass is 10.1. The van der Waals surface area contributed by atoms with Crippen molar-refractivity contribution < 1.29 is 18.7 Å². The van der Waals surface area contributed by atoms with Crippen molar-refractivity contribution in [2.75, 3.05) is 0 Å². The molecule has 0 fully saturated rings. The zero-order chi connectivity index (χ0) is 21.1. The van der Waals surface area contributed by atoms with E-state index in [0.29, 0.717) is 5.58 Å². The van der Waals surface area contributed by atoms with Crippen LogP contribution in [0.5, 0.6) is 11.5 Å². The molecular formula is C25H22O5. The summed E-state index contributed by atoms with van der Waals surface area (Å²) in [6.45, 7) is 4.10. The van der Waals surface area contributed by atoms with Crippen molar-refractivity contribution in [3.8, 4) is 11.5 Å². The molecule has 4 aromatic rings. The average Bonchev–Trinajstić information content (AvgIpc) is 2.71. The molecular weight excluding hydrogens is 380 g/mol. The predicted molar refractivity (Wildman–Crippen MR) is 116 cm³/mol. The molecule has 5 nitrogen and oxygen atoms in total. The van der Waals surface area contributed by atoms with Crippen molar-refractivity contribution in [1.82, 2.24) is 0 Å². The lowest BCUT2D eigenvalue weighted by molar-refractivity contribution is -0.135. The fourth-order valence-corrected chi connectivity index (χ4v) is 3.38. The Morgan fingerprint density at radius 2 is 1.80 bits per heavy atom. The van der Waals surface area contributed by atoms with Gasteiger partial charge in [0.2, 0.25) is 0 Å². The van der Waals surface area contributed by atoms with Crippen molar-refractivity contribution in [3.05, 3.63) is 82.7 Å². The molecule has 0 aliphatic heterocycles. The first-order valence-corrected chi connectivity index (χ1v) is 9.87. The largest absolute Gasteiger partial charge is 0.488 e. The van der Waals surface area contributed by atoms with E-state index in [2.05, 4.69) is 0 Å². The van der Waals surface area contributed by atoms with E-state index < -0.39 is 0 Å². The summed E-state index contributed by atoms with van der Waals surface area (Å²) in [6.07, 6.45) is 1.59. The van der Waals surface area contributed by atoms with Crippen molar-refractivity contribution >= 4 is 27.7 Å². The van der Waals surface area contributed by atoms with Crippen LogP contribution < -0.4 is 14.9 Å². The van der Waals surface area contributed by atoms with E-state index in [-0.39, 0.29) is 41.5 Å². The maximum Gasteiger partial charge on any atom is 0.311 e. The Bertz CT molecular complexity index is 1260. The molecule has 0 N–H and O–H groups in total. The summed E-state index contributed by atoms with van der Waals surface area (Å²) in [5.74, 6) is 0.713. The third-order valence-electron chi connectivity index (χ3n) is 4.73. The number of rotatable bonds is 6. The fourth-order valence-electron chi connectivity index (χ4n) is 3.38. The molecule has 5 heteroatoms. The topological polar surface area (TPSA) is 65.7 Å². The number of carbonyl (C=O) groups is 1. The molecule has 0 spiro atoms. The van der Waals surface area contributed by atoms with Crippen LogP contribution in [0.25, 0.3) is 21.7 Å². The van der Waals surface area contributed by atoms with Crippen LogP contribution in [-0.2, 0) is 11.4 Å². The second-order valence-electron chi connectivity index (χ2n) is 7.59. The molecule has 0 amide bonds. The van der Waals surface area contributed by atoms with E-state index >= 15 is 0 Å². The molecule has 1 heterocycles.